The lowest BCUT2D eigenvalue weighted by molar-refractivity contribution is -0.124. The second kappa shape index (κ2) is 7.82. The van der Waals surface area contributed by atoms with Crippen molar-refractivity contribution in [1.82, 2.24) is 20.4 Å². The quantitative estimate of drug-likeness (QED) is 0.782. The van der Waals surface area contributed by atoms with Gasteiger partial charge in [0.15, 0.2) is 0 Å². The van der Waals surface area contributed by atoms with Gasteiger partial charge in [-0.05, 0) is 12.1 Å². The van der Waals surface area contributed by atoms with Gasteiger partial charge in [0.2, 0.25) is 5.91 Å². The number of rotatable bonds is 7. The van der Waals surface area contributed by atoms with E-state index in [0.29, 0.717) is 13.2 Å². The highest BCUT2D eigenvalue weighted by Gasteiger charge is 2.10. The van der Waals surface area contributed by atoms with Crippen LogP contribution in [0.5, 0.6) is 0 Å². The third-order valence-electron chi connectivity index (χ3n) is 2.72. The monoisotopic (exact) mass is 306 g/mol. The summed E-state index contributed by atoms with van der Waals surface area (Å²) >= 11 is 1.49. The predicted molar refractivity (Wildman–Crippen MR) is 81.7 cm³/mol. The van der Waals surface area contributed by atoms with Crippen LogP contribution in [-0.4, -0.2) is 48.2 Å². The molecule has 7 heteroatoms. The first-order valence-corrected chi connectivity index (χ1v) is 7.42. The van der Waals surface area contributed by atoms with Crippen molar-refractivity contribution in [2.75, 3.05) is 27.3 Å². The van der Waals surface area contributed by atoms with Gasteiger partial charge in [-0.15, -0.1) is 11.3 Å². The summed E-state index contributed by atoms with van der Waals surface area (Å²) < 4.78 is 4.95. The fourth-order valence-corrected chi connectivity index (χ4v) is 2.49. The maximum atomic E-state index is 11.9. The number of amides is 1. The number of methoxy groups -OCH3 is 1. The van der Waals surface area contributed by atoms with Gasteiger partial charge in [0.1, 0.15) is 5.01 Å². The van der Waals surface area contributed by atoms with E-state index in [1.165, 1.54) is 11.3 Å². The smallest absolute Gasteiger partial charge is 0.240 e. The van der Waals surface area contributed by atoms with E-state index in [0.717, 1.165) is 16.4 Å². The third-order valence-corrected chi connectivity index (χ3v) is 3.64. The van der Waals surface area contributed by atoms with Crippen LogP contribution in [0.3, 0.4) is 0 Å². The van der Waals surface area contributed by atoms with Crippen LogP contribution >= 0.6 is 11.3 Å². The van der Waals surface area contributed by atoms with Crippen molar-refractivity contribution in [3.05, 3.63) is 35.5 Å². The molecular formula is C14H18N4O2S. The van der Waals surface area contributed by atoms with Crippen molar-refractivity contribution in [3.8, 4) is 10.7 Å². The molecule has 0 saturated heterocycles. The van der Waals surface area contributed by atoms with E-state index in [9.17, 15) is 4.79 Å². The summed E-state index contributed by atoms with van der Waals surface area (Å²) in [5, 5.41) is 4.42. The molecule has 0 aliphatic rings. The van der Waals surface area contributed by atoms with Crippen LogP contribution in [0.25, 0.3) is 10.7 Å². The highest BCUT2D eigenvalue weighted by molar-refractivity contribution is 7.13. The molecule has 0 atom stereocenters. The summed E-state index contributed by atoms with van der Waals surface area (Å²) in [5.41, 5.74) is 4.35. The van der Waals surface area contributed by atoms with Crippen molar-refractivity contribution < 1.29 is 9.53 Å². The number of nitrogens with one attached hydrogen (secondary N) is 1. The topological polar surface area (TPSA) is 67.3 Å². The minimum absolute atomic E-state index is 0.0912. The SMILES string of the molecule is COCCN(C)NC(=O)Cc1csc(-c2ccccn2)n1. The molecule has 2 aromatic rings. The van der Waals surface area contributed by atoms with E-state index in [2.05, 4.69) is 15.4 Å². The Morgan fingerprint density at radius 1 is 1.48 bits per heavy atom. The Hall–Kier alpha value is -1.83. The molecule has 2 rings (SSSR count). The summed E-state index contributed by atoms with van der Waals surface area (Å²) in [6, 6.07) is 5.68. The molecule has 0 fully saturated rings. The molecule has 0 aromatic carbocycles. The number of thiazole rings is 1. The van der Waals surface area contributed by atoms with Crippen molar-refractivity contribution in [2.24, 2.45) is 0 Å². The minimum atomic E-state index is -0.0912. The summed E-state index contributed by atoms with van der Waals surface area (Å²) in [5.74, 6) is -0.0912. The zero-order chi connectivity index (χ0) is 15.1. The highest BCUT2D eigenvalue weighted by Crippen LogP contribution is 2.21. The zero-order valence-corrected chi connectivity index (χ0v) is 12.9. The molecule has 2 heterocycles. The van der Waals surface area contributed by atoms with Gasteiger partial charge in [0, 0.05) is 32.3 Å². The van der Waals surface area contributed by atoms with Crippen LogP contribution in [0.2, 0.25) is 0 Å². The molecular weight excluding hydrogens is 288 g/mol. The molecule has 1 N–H and O–H groups in total. The number of likely N-dealkylation sites (N-methyl/N-ethyl adjacent to an activating group) is 1. The molecule has 1 amide bonds. The average Bonchev–Trinajstić information content (AvgIpc) is 2.94. The van der Waals surface area contributed by atoms with E-state index in [-0.39, 0.29) is 12.3 Å². The molecule has 0 aliphatic heterocycles. The van der Waals surface area contributed by atoms with E-state index in [1.54, 1.807) is 25.4 Å². The van der Waals surface area contributed by atoms with Crippen molar-refractivity contribution in [3.63, 3.8) is 0 Å². The maximum absolute atomic E-state index is 11.9. The van der Waals surface area contributed by atoms with E-state index < -0.39 is 0 Å². The Balaban J connectivity index is 1.89. The van der Waals surface area contributed by atoms with Crippen LogP contribution in [0, 0.1) is 0 Å². The molecule has 0 saturated carbocycles. The Morgan fingerprint density at radius 2 is 2.33 bits per heavy atom. The van der Waals surface area contributed by atoms with Gasteiger partial charge in [-0.25, -0.2) is 9.99 Å². The van der Waals surface area contributed by atoms with Crippen LogP contribution in [-0.2, 0) is 16.0 Å². The Kier molecular flexibility index (Phi) is 5.79. The van der Waals surface area contributed by atoms with E-state index in [4.69, 9.17) is 4.74 Å². The molecule has 2 aromatic heterocycles. The summed E-state index contributed by atoms with van der Waals surface area (Å²) in [4.78, 5) is 20.6. The second-order valence-electron chi connectivity index (χ2n) is 4.49. The first kappa shape index (κ1) is 15.6. The fourth-order valence-electron chi connectivity index (χ4n) is 1.70. The number of nitrogens with zero attached hydrogens (tertiary/aromatic N) is 3. The number of hydrogen-bond acceptors (Lipinski definition) is 6. The number of carbonyl (C=O) groups is 1. The van der Waals surface area contributed by atoms with Gasteiger partial charge in [-0.2, -0.15) is 0 Å². The Labute approximate surface area is 127 Å². The molecule has 0 bridgehead atoms. The van der Waals surface area contributed by atoms with E-state index >= 15 is 0 Å². The lowest BCUT2D eigenvalue weighted by Crippen LogP contribution is -2.41. The first-order chi connectivity index (χ1) is 10.2. The lowest BCUT2D eigenvalue weighted by atomic mass is 10.3. The first-order valence-electron chi connectivity index (χ1n) is 6.54. The Morgan fingerprint density at radius 3 is 3.05 bits per heavy atom. The highest BCUT2D eigenvalue weighted by atomic mass is 32.1. The zero-order valence-electron chi connectivity index (χ0n) is 12.1. The van der Waals surface area contributed by atoms with Crippen LogP contribution in [0.4, 0.5) is 0 Å². The fraction of sp³-hybridized carbons (Fsp3) is 0.357. The Bertz CT molecular complexity index is 573. The van der Waals surface area contributed by atoms with Crippen LogP contribution < -0.4 is 5.43 Å². The van der Waals surface area contributed by atoms with Gasteiger partial charge in [-0.1, -0.05) is 6.07 Å². The number of hydrazine groups is 1. The summed E-state index contributed by atoms with van der Waals surface area (Å²) in [7, 11) is 3.43. The molecule has 0 spiro atoms. The average molecular weight is 306 g/mol. The summed E-state index contributed by atoms with van der Waals surface area (Å²) in [6.07, 6.45) is 1.98. The number of hydrogen-bond donors (Lipinski definition) is 1. The van der Waals surface area contributed by atoms with Crippen molar-refractivity contribution >= 4 is 17.2 Å². The molecule has 112 valence electrons. The largest absolute Gasteiger partial charge is 0.383 e. The van der Waals surface area contributed by atoms with Gasteiger partial charge in [0.25, 0.3) is 0 Å². The lowest BCUT2D eigenvalue weighted by Gasteiger charge is -2.16. The number of carbonyl (C=O) groups excluding carboxylic acids is 1. The van der Waals surface area contributed by atoms with Gasteiger partial charge in [0.05, 0.1) is 24.4 Å². The standard InChI is InChI=1S/C14H18N4O2S/c1-18(7-8-20-2)17-13(19)9-11-10-21-14(16-11)12-5-3-4-6-15-12/h3-6,10H,7-9H2,1-2H3,(H,17,19). The van der Waals surface area contributed by atoms with Crippen molar-refractivity contribution in [2.45, 2.75) is 6.42 Å². The molecule has 0 aliphatic carbocycles. The van der Waals surface area contributed by atoms with Crippen molar-refractivity contribution in [1.29, 1.82) is 0 Å². The van der Waals surface area contributed by atoms with Crippen LogP contribution in [0.1, 0.15) is 5.69 Å². The normalized spacial score (nSPS) is 10.8. The summed E-state index contributed by atoms with van der Waals surface area (Å²) in [6.45, 7) is 1.20. The molecule has 0 radical (unpaired) electrons. The minimum Gasteiger partial charge on any atom is -0.383 e. The van der Waals surface area contributed by atoms with Gasteiger partial charge >= 0.3 is 0 Å². The second-order valence-corrected chi connectivity index (χ2v) is 5.34. The van der Waals surface area contributed by atoms with Crippen LogP contribution in [0.15, 0.2) is 29.8 Å². The third kappa shape index (κ3) is 4.89. The maximum Gasteiger partial charge on any atom is 0.240 e. The number of ether oxygens (including phenoxy) is 1. The molecule has 21 heavy (non-hydrogen) atoms. The molecule has 6 nitrogen and oxygen atoms in total. The van der Waals surface area contributed by atoms with Gasteiger partial charge < -0.3 is 4.74 Å². The van der Waals surface area contributed by atoms with Gasteiger partial charge in [-0.3, -0.25) is 15.2 Å². The molecule has 0 unspecified atom stereocenters. The number of pyridine rings is 1. The number of aromatic nitrogens is 2. The van der Waals surface area contributed by atoms with E-state index in [1.807, 2.05) is 23.6 Å². The predicted octanol–water partition coefficient (Wildman–Crippen LogP) is 1.36.